The Labute approximate surface area is 186 Å². The lowest BCUT2D eigenvalue weighted by atomic mass is 10.1. The molecule has 4 aromatic rings. The van der Waals surface area contributed by atoms with Crippen LogP contribution in [0.25, 0.3) is 0 Å². The minimum atomic E-state index is -0.126. The monoisotopic (exact) mass is 428 g/mol. The Balaban J connectivity index is 1.34. The number of hydrogen-bond donors (Lipinski definition) is 1. The minimum Gasteiger partial charge on any atom is -0.489 e. The van der Waals surface area contributed by atoms with Gasteiger partial charge in [0, 0.05) is 0 Å². The van der Waals surface area contributed by atoms with Crippen molar-refractivity contribution in [3.05, 3.63) is 101 Å². The molecule has 1 N–H and O–H groups in total. The van der Waals surface area contributed by atoms with Gasteiger partial charge in [0.15, 0.2) is 5.75 Å². The predicted octanol–water partition coefficient (Wildman–Crippen LogP) is 5.84. The molecular formula is C26H24N2O4. The molecule has 0 saturated carbocycles. The number of aryl methyl sites for hydroxylation is 2. The summed E-state index contributed by atoms with van der Waals surface area (Å²) in [6.45, 7) is 4.14. The average Bonchev–Trinajstić information content (AvgIpc) is 3.12. The van der Waals surface area contributed by atoms with Gasteiger partial charge >= 0.3 is 0 Å². The molecule has 3 aromatic carbocycles. The first kappa shape index (κ1) is 21.2. The zero-order valence-corrected chi connectivity index (χ0v) is 18.0. The topological polar surface area (TPSA) is 73.6 Å². The van der Waals surface area contributed by atoms with E-state index in [9.17, 15) is 4.79 Å². The lowest BCUT2D eigenvalue weighted by Gasteiger charge is -2.12. The zero-order chi connectivity index (χ0) is 22.3. The van der Waals surface area contributed by atoms with E-state index >= 15 is 0 Å². The van der Waals surface area contributed by atoms with Crippen molar-refractivity contribution in [3.8, 4) is 17.2 Å². The van der Waals surface area contributed by atoms with Crippen LogP contribution >= 0.6 is 0 Å². The molecule has 0 unspecified atom stereocenters. The van der Waals surface area contributed by atoms with Gasteiger partial charge < -0.3 is 19.3 Å². The second-order valence-electron chi connectivity index (χ2n) is 7.37. The van der Waals surface area contributed by atoms with Crippen molar-refractivity contribution in [2.75, 3.05) is 5.32 Å². The number of rotatable bonds is 8. The summed E-state index contributed by atoms with van der Waals surface area (Å²) in [6, 6.07) is 24.3. The average molecular weight is 428 g/mol. The van der Waals surface area contributed by atoms with Gasteiger partial charge in [-0.25, -0.2) is 0 Å². The van der Waals surface area contributed by atoms with Gasteiger partial charge in [0.1, 0.15) is 23.9 Å². The fourth-order valence-electron chi connectivity index (χ4n) is 3.22. The van der Waals surface area contributed by atoms with Gasteiger partial charge in [-0.05, 0) is 55.8 Å². The van der Waals surface area contributed by atoms with E-state index in [-0.39, 0.29) is 12.3 Å². The summed E-state index contributed by atoms with van der Waals surface area (Å²) in [4.78, 5) is 12.6. The van der Waals surface area contributed by atoms with Crippen molar-refractivity contribution in [2.45, 2.75) is 26.9 Å². The van der Waals surface area contributed by atoms with Crippen LogP contribution in [0.4, 0.5) is 5.69 Å². The smallest absolute Gasteiger partial charge is 0.228 e. The lowest BCUT2D eigenvalue weighted by molar-refractivity contribution is -0.115. The Morgan fingerprint density at radius 1 is 0.906 bits per heavy atom. The molecule has 0 fully saturated rings. The molecule has 0 aliphatic carbocycles. The van der Waals surface area contributed by atoms with Gasteiger partial charge in [-0.1, -0.05) is 47.6 Å². The van der Waals surface area contributed by atoms with Crippen LogP contribution in [0.3, 0.4) is 0 Å². The van der Waals surface area contributed by atoms with E-state index in [4.69, 9.17) is 14.0 Å². The van der Waals surface area contributed by atoms with Gasteiger partial charge in [0.25, 0.3) is 0 Å². The Kier molecular flexibility index (Phi) is 6.51. The first-order valence-corrected chi connectivity index (χ1v) is 10.3. The normalized spacial score (nSPS) is 10.6. The molecule has 162 valence electrons. The summed E-state index contributed by atoms with van der Waals surface area (Å²) >= 11 is 0. The number of benzene rings is 3. The number of nitrogens with one attached hydrogen (secondary N) is 1. The third kappa shape index (κ3) is 5.35. The molecule has 0 aliphatic heterocycles. The highest BCUT2D eigenvalue weighted by molar-refractivity contribution is 5.93. The summed E-state index contributed by atoms with van der Waals surface area (Å²) in [7, 11) is 0. The van der Waals surface area contributed by atoms with E-state index in [1.807, 2.05) is 92.7 Å². The molecule has 0 aliphatic rings. The summed E-state index contributed by atoms with van der Waals surface area (Å²) in [5.74, 6) is 2.65. The molecule has 0 bridgehead atoms. The van der Waals surface area contributed by atoms with Gasteiger partial charge in [-0.15, -0.1) is 0 Å². The van der Waals surface area contributed by atoms with Crippen LogP contribution in [0.15, 0.2) is 83.4 Å². The molecule has 4 rings (SSSR count). The molecule has 6 heteroatoms. The first-order chi connectivity index (χ1) is 15.6. The fourth-order valence-corrected chi connectivity index (χ4v) is 3.22. The number of hydrogen-bond acceptors (Lipinski definition) is 5. The van der Waals surface area contributed by atoms with E-state index in [2.05, 4.69) is 10.5 Å². The lowest BCUT2D eigenvalue weighted by Crippen LogP contribution is -2.14. The highest BCUT2D eigenvalue weighted by atomic mass is 16.5. The molecule has 0 radical (unpaired) electrons. The molecular weight excluding hydrogens is 404 g/mol. The summed E-state index contributed by atoms with van der Waals surface area (Å²) in [5, 5.41) is 6.87. The third-order valence-electron chi connectivity index (χ3n) is 4.98. The Morgan fingerprint density at radius 3 is 2.34 bits per heavy atom. The third-order valence-corrected chi connectivity index (χ3v) is 4.98. The quantitative estimate of drug-likeness (QED) is 0.381. The van der Waals surface area contributed by atoms with Crippen LogP contribution in [-0.2, 0) is 17.8 Å². The minimum absolute atomic E-state index is 0.126. The van der Waals surface area contributed by atoms with Crippen molar-refractivity contribution in [1.82, 2.24) is 5.16 Å². The maximum absolute atomic E-state index is 12.6. The van der Waals surface area contributed by atoms with Crippen molar-refractivity contribution in [1.29, 1.82) is 0 Å². The maximum atomic E-state index is 12.6. The molecule has 0 spiro atoms. The molecule has 6 nitrogen and oxygen atoms in total. The summed E-state index contributed by atoms with van der Waals surface area (Å²) in [5.41, 5.74) is 3.28. The van der Waals surface area contributed by atoms with Crippen molar-refractivity contribution in [3.63, 3.8) is 0 Å². The van der Waals surface area contributed by atoms with Gasteiger partial charge in [-0.2, -0.15) is 0 Å². The second-order valence-corrected chi connectivity index (χ2v) is 7.37. The van der Waals surface area contributed by atoms with Crippen molar-refractivity contribution in [2.24, 2.45) is 0 Å². The van der Waals surface area contributed by atoms with Crippen molar-refractivity contribution < 1.29 is 18.8 Å². The zero-order valence-electron chi connectivity index (χ0n) is 18.0. The molecule has 0 atom stereocenters. The van der Waals surface area contributed by atoms with Crippen LogP contribution < -0.4 is 14.8 Å². The number of ether oxygens (including phenoxy) is 2. The van der Waals surface area contributed by atoms with Gasteiger partial charge in [0.2, 0.25) is 5.91 Å². The van der Waals surface area contributed by atoms with Crippen LogP contribution in [0, 0.1) is 13.8 Å². The van der Waals surface area contributed by atoms with Gasteiger partial charge in [-0.3, -0.25) is 4.79 Å². The van der Waals surface area contributed by atoms with E-state index in [1.54, 1.807) is 0 Å². The highest BCUT2D eigenvalue weighted by Gasteiger charge is 2.11. The summed E-state index contributed by atoms with van der Waals surface area (Å²) < 4.78 is 16.9. The Morgan fingerprint density at radius 2 is 1.62 bits per heavy atom. The number of aromatic nitrogens is 1. The molecule has 0 saturated heterocycles. The molecule has 1 amide bonds. The van der Waals surface area contributed by atoms with E-state index in [1.165, 1.54) is 0 Å². The number of carbonyl (C=O) groups is 1. The van der Waals surface area contributed by atoms with Crippen LogP contribution in [0.1, 0.15) is 22.6 Å². The van der Waals surface area contributed by atoms with E-state index < -0.39 is 0 Å². The highest BCUT2D eigenvalue weighted by Crippen LogP contribution is 2.29. The second kappa shape index (κ2) is 9.83. The Bertz CT molecular complexity index is 1160. The number of anilines is 1. The van der Waals surface area contributed by atoms with E-state index in [0.29, 0.717) is 23.8 Å². The Hall–Kier alpha value is -4.06. The molecule has 1 heterocycles. The van der Waals surface area contributed by atoms with Crippen LogP contribution in [0.2, 0.25) is 0 Å². The first-order valence-electron chi connectivity index (χ1n) is 10.3. The number of carbonyl (C=O) groups excluding carboxylic acids is 1. The molecule has 1 aromatic heterocycles. The number of para-hydroxylation sites is 3. The van der Waals surface area contributed by atoms with Crippen molar-refractivity contribution >= 4 is 11.6 Å². The fraction of sp³-hybridized carbons (Fsp3) is 0.154. The maximum Gasteiger partial charge on any atom is 0.228 e. The van der Waals surface area contributed by atoms with Gasteiger partial charge in [0.05, 0.1) is 23.4 Å². The standard InChI is InChI=1S/C26H24N2O4/c1-18-23(19(2)32-28-18)17-30-21-14-12-20(13-15-21)16-26(29)27-24-10-6-7-11-25(24)31-22-8-4-3-5-9-22/h3-15H,16-17H2,1-2H3,(H,27,29). The number of amides is 1. The largest absolute Gasteiger partial charge is 0.489 e. The predicted molar refractivity (Wildman–Crippen MR) is 122 cm³/mol. The summed E-state index contributed by atoms with van der Waals surface area (Å²) in [6.07, 6.45) is 0.240. The van der Waals surface area contributed by atoms with E-state index in [0.717, 1.165) is 28.3 Å². The number of nitrogens with zero attached hydrogens (tertiary/aromatic N) is 1. The van der Waals surface area contributed by atoms with Crippen LogP contribution in [0.5, 0.6) is 17.2 Å². The van der Waals surface area contributed by atoms with Crippen LogP contribution in [-0.4, -0.2) is 11.1 Å². The SMILES string of the molecule is Cc1noc(C)c1COc1ccc(CC(=O)Nc2ccccc2Oc2ccccc2)cc1. The molecule has 32 heavy (non-hydrogen) atoms.